The zero-order valence-electron chi connectivity index (χ0n) is 7.11. The van der Waals surface area contributed by atoms with E-state index in [1.807, 2.05) is 0 Å². The van der Waals surface area contributed by atoms with Gasteiger partial charge in [-0.05, 0) is 13.8 Å². The van der Waals surface area contributed by atoms with E-state index in [-0.39, 0.29) is 0 Å². The van der Waals surface area contributed by atoms with Crippen LogP contribution in [-0.4, -0.2) is 20.9 Å². The van der Waals surface area contributed by atoms with Crippen LogP contribution in [-0.2, 0) is 11.3 Å². The van der Waals surface area contributed by atoms with E-state index in [4.69, 9.17) is 5.11 Å². The lowest BCUT2D eigenvalue weighted by atomic mass is 9.94. The first kappa shape index (κ1) is 8.77. The van der Waals surface area contributed by atoms with Gasteiger partial charge in [-0.2, -0.15) is 5.10 Å². The maximum atomic E-state index is 10.7. The molecule has 1 aromatic heterocycles. The Balaban J connectivity index is 2.69. The molecule has 65 valence electrons. The number of carboxylic acid groups (broad SMARTS) is 1. The summed E-state index contributed by atoms with van der Waals surface area (Å²) in [7, 11) is 0. The van der Waals surface area contributed by atoms with Crippen molar-refractivity contribution in [2.75, 3.05) is 0 Å². The molecule has 1 rings (SSSR count). The molecule has 0 spiro atoms. The summed E-state index contributed by atoms with van der Waals surface area (Å²) in [4.78, 5) is 10.7. The number of rotatable bonds is 3. The predicted molar refractivity (Wildman–Crippen MR) is 42.5 cm³/mol. The van der Waals surface area contributed by atoms with Gasteiger partial charge in [-0.1, -0.05) is 0 Å². The second kappa shape index (κ2) is 2.97. The Hall–Kier alpha value is -1.32. The number of hydrogen-bond acceptors (Lipinski definition) is 2. The zero-order valence-corrected chi connectivity index (χ0v) is 7.11. The van der Waals surface area contributed by atoms with Crippen molar-refractivity contribution in [3.8, 4) is 0 Å². The third-order valence-corrected chi connectivity index (χ3v) is 1.64. The molecule has 0 aliphatic carbocycles. The average Bonchev–Trinajstić information content (AvgIpc) is 2.38. The van der Waals surface area contributed by atoms with Crippen LogP contribution in [0.25, 0.3) is 0 Å². The molecule has 1 N–H and O–H groups in total. The second-order valence-corrected chi connectivity index (χ2v) is 3.33. The van der Waals surface area contributed by atoms with Crippen LogP contribution < -0.4 is 0 Å². The van der Waals surface area contributed by atoms with Crippen molar-refractivity contribution < 1.29 is 9.90 Å². The highest BCUT2D eigenvalue weighted by molar-refractivity contribution is 5.73. The van der Waals surface area contributed by atoms with Crippen molar-refractivity contribution in [2.24, 2.45) is 5.41 Å². The van der Waals surface area contributed by atoms with Gasteiger partial charge in [0.25, 0.3) is 0 Å². The molecule has 0 unspecified atom stereocenters. The van der Waals surface area contributed by atoms with Gasteiger partial charge in [0.15, 0.2) is 0 Å². The van der Waals surface area contributed by atoms with Crippen LogP contribution in [0.5, 0.6) is 0 Å². The number of nitrogens with zero attached hydrogens (tertiary/aromatic N) is 2. The lowest BCUT2D eigenvalue weighted by Gasteiger charge is -2.18. The van der Waals surface area contributed by atoms with Gasteiger partial charge in [0, 0.05) is 12.3 Å². The quantitative estimate of drug-likeness (QED) is 0.724. The van der Waals surface area contributed by atoms with Gasteiger partial charge in [-0.3, -0.25) is 9.48 Å². The van der Waals surface area contributed by atoms with E-state index in [2.05, 4.69) is 11.2 Å². The van der Waals surface area contributed by atoms with E-state index in [1.165, 1.54) is 6.20 Å². The molecule has 1 aromatic rings. The fraction of sp³-hybridized carbons (Fsp3) is 0.500. The molecule has 0 aliphatic heterocycles. The van der Waals surface area contributed by atoms with E-state index in [1.54, 1.807) is 24.7 Å². The highest BCUT2D eigenvalue weighted by atomic mass is 16.4. The van der Waals surface area contributed by atoms with Crippen LogP contribution >= 0.6 is 0 Å². The van der Waals surface area contributed by atoms with Crippen LogP contribution in [0.4, 0.5) is 0 Å². The van der Waals surface area contributed by atoms with E-state index < -0.39 is 11.4 Å². The second-order valence-electron chi connectivity index (χ2n) is 3.33. The first-order valence-corrected chi connectivity index (χ1v) is 3.64. The van der Waals surface area contributed by atoms with Crippen LogP contribution in [0.3, 0.4) is 0 Å². The highest BCUT2D eigenvalue weighted by Crippen LogP contribution is 2.17. The Labute approximate surface area is 70.8 Å². The van der Waals surface area contributed by atoms with Crippen molar-refractivity contribution >= 4 is 5.97 Å². The number of carbonyl (C=O) groups is 1. The monoisotopic (exact) mass is 167 g/mol. The van der Waals surface area contributed by atoms with Crippen molar-refractivity contribution in [3.05, 3.63) is 18.5 Å². The normalized spacial score (nSPS) is 11.5. The third kappa shape index (κ3) is 1.84. The first-order chi connectivity index (χ1) is 5.52. The third-order valence-electron chi connectivity index (χ3n) is 1.64. The van der Waals surface area contributed by atoms with Gasteiger partial charge in [-0.25, -0.2) is 0 Å². The Morgan fingerprint density at radius 3 is 2.83 bits per heavy atom. The summed E-state index contributed by atoms with van der Waals surface area (Å²) >= 11 is 0. The Morgan fingerprint density at radius 2 is 2.42 bits per heavy atom. The van der Waals surface area contributed by atoms with Gasteiger partial charge >= 0.3 is 5.97 Å². The number of carboxylic acids is 1. The van der Waals surface area contributed by atoms with Gasteiger partial charge in [0.05, 0.1) is 18.2 Å². The summed E-state index contributed by atoms with van der Waals surface area (Å²) in [5.41, 5.74) is -0.778. The maximum absolute atomic E-state index is 10.7. The molecule has 0 saturated heterocycles. The van der Waals surface area contributed by atoms with Gasteiger partial charge in [0.1, 0.15) is 0 Å². The molecule has 1 heterocycles. The molecule has 4 heteroatoms. The van der Waals surface area contributed by atoms with Gasteiger partial charge < -0.3 is 5.11 Å². The van der Waals surface area contributed by atoms with Gasteiger partial charge in [0.2, 0.25) is 0 Å². The van der Waals surface area contributed by atoms with Crippen molar-refractivity contribution in [2.45, 2.75) is 20.4 Å². The maximum Gasteiger partial charge on any atom is 0.310 e. The number of aliphatic carboxylic acids is 1. The topological polar surface area (TPSA) is 55.1 Å². The summed E-state index contributed by atoms with van der Waals surface area (Å²) in [5.74, 6) is -0.821. The predicted octanol–water partition coefficient (Wildman–Crippen LogP) is 0.794. The van der Waals surface area contributed by atoms with E-state index in [9.17, 15) is 4.79 Å². The van der Waals surface area contributed by atoms with E-state index >= 15 is 0 Å². The fourth-order valence-electron chi connectivity index (χ4n) is 0.819. The molecule has 0 saturated carbocycles. The Kier molecular flexibility index (Phi) is 2.17. The number of hydrogen-bond donors (Lipinski definition) is 1. The lowest BCUT2D eigenvalue weighted by molar-refractivity contribution is -0.147. The zero-order chi connectivity index (χ0) is 9.19. The van der Waals surface area contributed by atoms with E-state index in [0.29, 0.717) is 6.54 Å². The largest absolute Gasteiger partial charge is 0.481 e. The summed E-state index contributed by atoms with van der Waals surface area (Å²) in [6, 6.07) is 2.75. The molecule has 4 nitrogen and oxygen atoms in total. The van der Waals surface area contributed by atoms with Crippen LogP contribution in [0.2, 0.25) is 0 Å². The molecule has 0 bridgehead atoms. The minimum absolute atomic E-state index is 0.367. The summed E-state index contributed by atoms with van der Waals surface area (Å²) in [5, 5.41) is 12.7. The van der Waals surface area contributed by atoms with Gasteiger partial charge in [-0.15, -0.1) is 0 Å². The SMILES string of the molecule is CC(C)(Cn1c[c]cn1)C(=O)O. The smallest absolute Gasteiger partial charge is 0.310 e. The van der Waals surface area contributed by atoms with Crippen molar-refractivity contribution in [1.82, 2.24) is 9.78 Å². The van der Waals surface area contributed by atoms with Crippen molar-refractivity contribution in [3.63, 3.8) is 0 Å². The summed E-state index contributed by atoms with van der Waals surface area (Å²) in [6.45, 7) is 3.69. The van der Waals surface area contributed by atoms with Crippen LogP contribution in [0.1, 0.15) is 13.8 Å². The standard InChI is InChI=1S/C8H11N2O2/c1-8(2,7(11)12)6-10-5-3-4-9-10/h4-5H,6H2,1-2H3,(H,11,12). The van der Waals surface area contributed by atoms with Crippen molar-refractivity contribution in [1.29, 1.82) is 0 Å². The summed E-state index contributed by atoms with van der Waals surface area (Å²) < 4.78 is 1.56. The molecule has 0 fully saturated rings. The molecular weight excluding hydrogens is 156 g/mol. The molecular formula is C8H11N2O2. The molecule has 0 amide bonds. The molecule has 12 heavy (non-hydrogen) atoms. The fourth-order valence-corrected chi connectivity index (χ4v) is 0.819. The average molecular weight is 167 g/mol. The van der Waals surface area contributed by atoms with E-state index in [0.717, 1.165) is 0 Å². The molecule has 0 aliphatic rings. The minimum atomic E-state index is -0.821. The Morgan fingerprint density at radius 1 is 1.75 bits per heavy atom. The van der Waals surface area contributed by atoms with Crippen LogP contribution in [0, 0.1) is 11.5 Å². The number of aromatic nitrogens is 2. The molecule has 0 aromatic carbocycles. The highest BCUT2D eigenvalue weighted by Gasteiger charge is 2.27. The summed E-state index contributed by atoms with van der Waals surface area (Å²) in [6.07, 6.45) is 3.14. The Bertz CT molecular complexity index is 265. The first-order valence-electron chi connectivity index (χ1n) is 3.64. The van der Waals surface area contributed by atoms with Crippen LogP contribution in [0.15, 0.2) is 12.4 Å². The minimum Gasteiger partial charge on any atom is -0.481 e. The molecule has 0 atom stereocenters. The molecule has 1 radical (unpaired) electrons. The lowest BCUT2D eigenvalue weighted by Crippen LogP contribution is -2.29.